The van der Waals surface area contributed by atoms with Gasteiger partial charge in [0.05, 0.1) is 17.2 Å². The predicted molar refractivity (Wildman–Crippen MR) is 138 cm³/mol. The topological polar surface area (TPSA) is 104 Å². The highest BCUT2D eigenvalue weighted by Crippen LogP contribution is 2.23. The van der Waals surface area contributed by atoms with Gasteiger partial charge in [-0.1, -0.05) is 54.7 Å². The zero-order valence-electron chi connectivity index (χ0n) is 19.0. The molecule has 0 bridgehead atoms. The van der Waals surface area contributed by atoms with Crippen molar-refractivity contribution in [1.29, 1.82) is 0 Å². The van der Waals surface area contributed by atoms with Gasteiger partial charge in [-0.15, -0.1) is 0 Å². The Labute approximate surface area is 210 Å². The van der Waals surface area contributed by atoms with Crippen molar-refractivity contribution in [3.05, 3.63) is 71.3 Å². The third-order valence-electron chi connectivity index (χ3n) is 5.85. The summed E-state index contributed by atoms with van der Waals surface area (Å²) in [4.78, 5) is 40.8. The second-order valence-corrected chi connectivity index (χ2v) is 9.21. The SMILES string of the molecule is CC(Cc1ccccc1)N(C(=O)C(N)CS)C(O)C(=S)CCCN1C(=O)c2ccccc2C1=O. The number of aliphatic hydroxyl groups excluding tert-OH is 1. The molecule has 2 aromatic carbocycles. The average molecular weight is 500 g/mol. The lowest BCUT2D eigenvalue weighted by atomic mass is 10.0. The van der Waals surface area contributed by atoms with Gasteiger partial charge < -0.3 is 15.7 Å². The fourth-order valence-corrected chi connectivity index (χ4v) is 4.45. The van der Waals surface area contributed by atoms with Gasteiger partial charge in [0.15, 0.2) is 6.23 Å². The van der Waals surface area contributed by atoms with Crippen LogP contribution in [-0.2, 0) is 11.2 Å². The van der Waals surface area contributed by atoms with Crippen LogP contribution >= 0.6 is 24.8 Å². The van der Waals surface area contributed by atoms with Crippen LogP contribution in [0.4, 0.5) is 0 Å². The third-order valence-corrected chi connectivity index (χ3v) is 6.66. The van der Waals surface area contributed by atoms with Crippen molar-refractivity contribution in [2.45, 2.75) is 44.5 Å². The van der Waals surface area contributed by atoms with E-state index in [4.69, 9.17) is 18.0 Å². The lowest BCUT2D eigenvalue weighted by molar-refractivity contribution is -0.141. The third kappa shape index (κ3) is 5.72. The second kappa shape index (κ2) is 11.7. The van der Waals surface area contributed by atoms with E-state index in [0.29, 0.717) is 24.0 Å². The minimum atomic E-state index is -1.32. The molecule has 7 nitrogen and oxygen atoms in total. The van der Waals surface area contributed by atoms with Crippen molar-refractivity contribution in [1.82, 2.24) is 9.80 Å². The van der Waals surface area contributed by atoms with Crippen molar-refractivity contribution in [3.8, 4) is 0 Å². The predicted octanol–water partition coefficient (Wildman–Crippen LogP) is 2.47. The number of hydrogen-bond donors (Lipinski definition) is 3. The Morgan fingerprint density at radius 1 is 1.09 bits per heavy atom. The molecule has 1 aliphatic heterocycles. The van der Waals surface area contributed by atoms with E-state index >= 15 is 0 Å². The van der Waals surface area contributed by atoms with E-state index in [2.05, 4.69) is 12.6 Å². The summed E-state index contributed by atoms with van der Waals surface area (Å²) in [6.07, 6.45) is -0.188. The van der Waals surface area contributed by atoms with Crippen LogP contribution in [0.3, 0.4) is 0 Å². The van der Waals surface area contributed by atoms with Gasteiger partial charge in [0.1, 0.15) is 0 Å². The van der Waals surface area contributed by atoms with E-state index in [1.165, 1.54) is 9.80 Å². The van der Waals surface area contributed by atoms with E-state index < -0.39 is 18.2 Å². The number of nitrogens with two attached hydrogens (primary N) is 1. The van der Waals surface area contributed by atoms with Crippen molar-refractivity contribution < 1.29 is 19.5 Å². The number of aliphatic hydroxyl groups is 1. The first-order valence-corrected chi connectivity index (χ1v) is 12.2. The quantitative estimate of drug-likeness (QED) is 0.190. The molecule has 0 aliphatic carbocycles. The monoisotopic (exact) mass is 499 g/mol. The normalized spacial score (nSPS) is 15.6. The molecule has 0 saturated heterocycles. The molecular weight excluding hydrogens is 470 g/mol. The fourth-order valence-electron chi connectivity index (χ4n) is 4.04. The molecule has 0 aromatic heterocycles. The summed E-state index contributed by atoms with van der Waals surface area (Å²) >= 11 is 9.58. The molecule has 34 heavy (non-hydrogen) atoms. The van der Waals surface area contributed by atoms with Gasteiger partial charge in [-0.2, -0.15) is 12.6 Å². The highest BCUT2D eigenvalue weighted by Gasteiger charge is 2.35. The average Bonchev–Trinajstić information content (AvgIpc) is 3.09. The number of thiol groups is 1. The van der Waals surface area contributed by atoms with Crippen molar-refractivity contribution in [3.63, 3.8) is 0 Å². The summed E-state index contributed by atoms with van der Waals surface area (Å²) in [6, 6.07) is 15.1. The highest BCUT2D eigenvalue weighted by molar-refractivity contribution is 7.80. The van der Waals surface area contributed by atoms with Crippen LogP contribution < -0.4 is 5.73 Å². The van der Waals surface area contributed by atoms with E-state index in [1.54, 1.807) is 24.3 Å². The van der Waals surface area contributed by atoms with Gasteiger partial charge in [0, 0.05) is 23.2 Å². The molecule has 0 radical (unpaired) electrons. The van der Waals surface area contributed by atoms with Crippen molar-refractivity contribution in [2.24, 2.45) is 5.73 Å². The number of thiocarbonyl (C=S) groups is 1. The Kier molecular flexibility index (Phi) is 8.96. The number of nitrogens with zero attached hydrogens (tertiary/aromatic N) is 2. The van der Waals surface area contributed by atoms with Crippen LogP contribution in [0.2, 0.25) is 0 Å². The maximum atomic E-state index is 13.0. The van der Waals surface area contributed by atoms with Gasteiger partial charge in [0.2, 0.25) is 5.91 Å². The van der Waals surface area contributed by atoms with Gasteiger partial charge in [-0.3, -0.25) is 19.3 Å². The molecule has 3 N–H and O–H groups in total. The lowest BCUT2D eigenvalue weighted by Gasteiger charge is -2.35. The molecule has 0 spiro atoms. The maximum absolute atomic E-state index is 13.0. The lowest BCUT2D eigenvalue weighted by Crippen LogP contribution is -2.56. The number of rotatable bonds is 11. The first kappa shape index (κ1) is 26.0. The van der Waals surface area contributed by atoms with Crippen LogP contribution in [-0.4, -0.2) is 68.1 Å². The number of fused-ring (bicyclic) bond motifs is 1. The van der Waals surface area contributed by atoms with E-state index in [9.17, 15) is 19.5 Å². The van der Waals surface area contributed by atoms with Gasteiger partial charge >= 0.3 is 0 Å². The standard InChI is InChI=1S/C25H29N3O4S2/c1-16(14-17-8-3-2-4-9-17)28(24(31)20(26)15-33)25(32)21(34)12-7-13-27-22(29)18-10-5-6-11-19(18)23(27)30/h2-6,8-11,16,20,25,32-33H,7,12-15,26H2,1H3. The molecule has 1 heterocycles. The number of carbonyl (C=O) groups is 3. The number of benzene rings is 2. The molecule has 3 unspecified atom stereocenters. The molecule has 9 heteroatoms. The molecule has 2 aromatic rings. The van der Waals surface area contributed by atoms with Gasteiger partial charge in [-0.05, 0) is 43.9 Å². The summed E-state index contributed by atoms with van der Waals surface area (Å²) in [5.41, 5.74) is 7.73. The van der Waals surface area contributed by atoms with Gasteiger partial charge in [0.25, 0.3) is 11.8 Å². The highest BCUT2D eigenvalue weighted by atomic mass is 32.1. The Morgan fingerprint density at radius 2 is 1.65 bits per heavy atom. The number of carbonyl (C=O) groups excluding carboxylic acids is 3. The molecule has 0 saturated carbocycles. The van der Waals surface area contributed by atoms with Crippen LogP contribution in [0.5, 0.6) is 0 Å². The maximum Gasteiger partial charge on any atom is 0.261 e. The summed E-state index contributed by atoms with van der Waals surface area (Å²) in [5.74, 6) is -0.971. The summed E-state index contributed by atoms with van der Waals surface area (Å²) in [7, 11) is 0. The molecule has 1 aliphatic rings. The Morgan fingerprint density at radius 3 is 2.21 bits per heavy atom. The minimum absolute atomic E-state index is 0.132. The molecular formula is C25H29N3O4S2. The van der Waals surface area contributed by atoms with E-state index in [0.717, 1.165) is 5.56 Å². The van der Waals surface area contributed by atoms with E-state index in [-0.39, 0.29) is 41.4 Å². The largest absolute Gasteiger partial charge is 0.369 e. The van der Waals surface area contributed by atoms with Gasteiger partial charge in [-0.25, -0.2) is 0 Å². The van der Waals surface area contributed by atoms with Crippen molar-refractivity contribution in [2.75, 3.05) is 12.3 Å². The Balaban J connectivity index is 1.64. The molecule has 180 valence electrons. The zero-order valence-corrected chi connectivity index (χ0v) is 20.7. The second-order valence-electron chi connectivity index (χ2n) is 8.32. The Hall–Kier alpha value is -2.59. The van der Waals surface area contributed by atoms with Crippen LogP contribution in [0.15, 0.2) is 54.6 Å². The number of amides is 3. The van der Waals surface area contributed by atoms with Crippen LogP contribution in [0, 0.1) is 0 Å². The minimum Gasteiger partial charge on any atom is -0.369 e. The summed E-state index contributed by atoms with van der Waals surface area (Å²) < 4.78 is 0. The number of hydrogen-bond acceptors (Lipinski definition) is 7. The first-order valence-electron chi connectivity index (χ1n) is 11.1. The van der Waals surface area contributed by atoms with Crippen LogP contribution in [0.25, 0.3) is 0 Å². The Bertz CT molecular complexity index is 1030. The summed E-state index contributed by atoms with van der Waals surface area (Å²) in [6.45, 7) is 2.00. The molecule has 3 rings (SSSR count). The number of imide groups is 1. The van der Waals surface area contributed by atoms with Crippen LogP contribution in [0.1, 0.15) is 46.0 Å². The van der Waals surface area contributed by atoms with Crippen molar-refractivity contribution >= 4 is 47.4 Å². The van der Waals surface area contributed by atoms with E-state index in [1.807, 2.05) is 37.3 Å². The summed E-state index contributed by atoms with van der Waals surface area (Å²) in [5, 5.41) is 11.0. The fraction of sp³-hybridized carbons (Fsp3) is 0.360. The first-order chi connectivity index (χ1) is 16.3. The molecule has 3 amide bonds. The smallest absolute Gasteiger partial charge is 0.261 e. The molecule has 3 atom stereocenters. The molecule has 0 fully saturated rings. The zero-order chi connectivity index (χ0) is 24.8.